The summed E-state index contributed by atoms with van der Waals surface area (Å²) in [6, 6.07) is 11.6. The van der Waals surface area contributed by atoms with Crippen molar-refractivity contribution in [1.82, 2.24) is 20.6 Å². The number of nitrogens with zero attached hydrogens (tertiary/aromatic N) is 2. The summed E-state index contributed by atoms with van der Waals surface area (Å²) in [4.78, 5) is 32.8. The van der Waals surface area contributed by atoms with Gasteiger partial charge in [0.15, 0.2) is 23.0 Å². The van der Waals surface area contributed by atoms with E-state index in [0.717, 1.165) is 5.56 Å². The van der Waals surface area contributed by atoms with Crippen LogP contribution in [0, 0.1) is 0 Å². The largest absolute Gasteiger partial charge is 0.504 e. The second-order valence-electron chi connectivity index (χ2n) is 6.34. The SMILES string of the molecule is CNC(=O)c1nc(-c2cccc(C(=O)NCc3ccc(O)c(OC)c3)c2)cnc1N. The van der Waals surface area contributed by atoms with Crippen LogP contribution in [0.3, 0.4) is 0 Å². The third-order valence-electron chi connectivity index (χ3n) is 4.36. The Labute approximate surface area is 172 Å². The molecule has 0 bridgehead atoms. The Morgan fingerprint density at radius 3 is 2.70 bits per heavy atom. The van der Waals surface area contributed by atoms with Gasteiger partial charge in [-0.1, -0.05) is 18.2 Å². The van der Waals surface area contributed by atoms with Crippen molar-refractivity contribution in [1.29, 1.82) is 0 Å². The van der Waals surface area contributed by atoms with Crippen molar-refractivity contribution in [3.05, 3.63) is 65.5 Å². The van der Waals surface area contributed by atoms with Gasteiger partial charge in [0.2, 0.25) is 0 Å². The van der Waals surface area contributed by atoms with Crippen molar-refractivity contribution in [2.45, 2.75) is 6.54 Å². The lowest BCUT2D eigenvalue weighted by Gasteiger charge is -2.10. The number of carbonyl (C=O) groups is 2. The Bertz CT molecular complexity index is 1100. The highest BCUT2D eigenvalue weighted by Crippen LogP contribution is 2.26. The molecule has 2 aromatic carbocycles. The molecule has 0 aliphatic heterocycles. The van der Waals surface area contributed by atoms with Crippen LogP contribution >= 0.6 is 0 Å². The lowest BCUT2D eigenvalue weighted by molar-refractivity contribution is 0.0945. The Kier molecular flexibility index (Phi) is 6.11. The second-order valence-corrected chi connectivity index (χ2v) is 6.34. The molecule has 1 heterocycles. The lowest BCUT2D eigenvalue weighted by atomic mass is 10.1. The van der Waals surface area contributed by atoms with E-state index < -0.39 is 5.91 Å². The summed E-state index contributed by atoms with van der Waals surface area (Å²) in [5, 5.41) is 14.9. The topological polar surface area (TPSA) is 139 Å². The number of aromatic hydroxyl groups is 1. The van der Waals surface area contributed by atoms with Gasteiger partial charge in [0.1, 0.15) is 0 Å². The predicted molar refractivity (Wildman–Crippen MR) is 111 cm³/mol. The Morgan fingerprint density at radius 1 is 1.17 bits per heavy atom. The van der Waals surface area contributed by atoms with E-state index in [2.05, 4.69) is 20.6 Å². The molecule has 154 valence electrons. The first-order valence-corrected chi connectivity index (χ1v) is 9.02. The number of rotatable bonds is 6. The first-order chi connectivity index (χ1) is 14.4. The third-order valence-corrected chi connectivity index (χ3v) is 4.36. The molecule has 0 spiro atoms. The smallest absolute Gasteiger partial charge is 0.273 e. The number of phenolic OH excluding ortho intramolecular Hbond substituents is 1. The van der Waals surface area contributed by atoms with Crippen LogP contribution in [0.5, 0.6) is 11.5 Å². The molecule has 5 N–H and O–H groups in total. The molecule has 0 fully saturated rings. The third kappa shape index (κ3) is 4.46. The van der Waals surface area contributed by atoms with E-state index in [4.69, 9.17) is 10.5 Å². The predicted octanol–water partition coefficient (Wildman–Crippen LogP) is 1.73. The molecule has 9 nitrogen and oxygen atoms in total. The monoisotopic (exact) mass is 407 g/mol. The van der Waals surface area contributed by atoms with Crippen molar-refractivity contribution < 1.29 is 19.4 Å². The van der Waals surface area contributed by atoms with E-state index in [0.29, 0.717) is 22.6 Å². The quantitative estimate of drug-likeness (QED) is 0.488. The summed E-state index contributed by atoms with van der Waals surface area (Å²) in [6.45, 7) is 0.252. The van der Waals surface area contributed by atoms with E-state index in [1.165, 1.54) is 26.4 Å². The molecule has 0 radical (unpaired) electrons. The van der Waals surface area contributed by atoms with Gasteiger partial charge in [-0.25, -0.2) is 9.97 Å². The van der Waals surface area contributed by atoms with Crippen molar-refractivity contribution in [2.24, 2.45) is 0 Å². The van der Waals surface area contributed by atoms with Gasteiger partial charge < -0.3 is 26.2 Å². The number of benzene rings is 2. The molecule has 9 heteroatoms. The van der Waals surface area contributed by atoms with Gasteiger partial charge in [0.25, 0.3) is 11.8 Å². The van der Waals surface area contributed by atoms with E-state index >= 15 is 0 Å². The minimum atomic E-state index is -0.444. The zero-order chi connectivity index (χ0) is 21.7. The fourth-order valence-corrected chi connectivity index (χ4v) is 2.76. The fraction of sp³-hybridized carbons (Fsp3) is 0.143. The number of hydrogen-bond acceptors (Lipinski definition) is 7. The number of carbonyl (C=O) groups excluding carboxylic acids is 2. The van der Waals surface area contributed by atoms with Crippen LogP contribution in [0.1, 0.15) is 26.4 Å². The summed E-state index contributed by atoms with van der Waals surface area (Å²) < 4.78 is 5.07. The minimum absolute atomic E-state index is 0.0196. The van der Waals surface area contributed by atoms with Gasteiger partial charge in [-0.2, -0.15) is 0 Å². The molecule has 0 saturated heterocycles. The Morgan fingerprint density at radius 2 is 1.97 bits per heavy atom. The first-order valence-electron chi connectivity index (χ1n) is 9.02. The highest BCUT2D eigenvalue weighted by Gasteiger charge is 2.14. The number of nitrogens with one attached hydrogen (secondary N) is 2. The summed E-state index contributed by atoms with van der Waals surface area (Å²) in [5.74, 6) is -0.353. The molecule has 3 aromatic rings. The van der Waals surface area contributed by atoms with Crippen molar-refractivity contribution in [3.8, 4) is 22.8 Å². The Hall–Kier alpha value is -4.14. The van der Waals surface area contributed by atoms with E-state index in [-0.39, 0.29) is 29.7 Å². The number of nitrogens with two attached hydrogens (primary N) is 1. The lowest BCUT2D eigenvalue weighted by Crippen LogP contribution is -2.23. The van der Waals surface area contributed by atoms with E-state index in [1.54, 1.807) is 36.4 Å². The number of nitrogen functional groups attached to an aromatic ring is 1. The minimum Gasteiger partial charge on any atom is -0.504 e. The van der Waals surface area contributed by atoms with Crippen molar-refractivity contribution >= 4 is 17.6 Å². The summed E-state index contributed by atoms with van der Waals surface area (Å²) in [7, 11) is 2.93. The molecular weight excluding hydrogens is 386 g/mol. The zero-order valence-corrected chi connectivity index (χ0v) is 16.5. The molecule has 2 amide bonds. The molecule has 0 aliphatic carbocycles. The molecule has 30 heavy (non-hydrogen) atoms. The van der Waals surface area contributed by atoms with Crippen LogP contribution in [0.15, 0.2) is 48.7 Å². The van der Waals surface area contributed by atoms with E-state index in [1.807, 2.05) is 0 Å². The normalized spacial score (nSPS) is 10.3. The van der Waals surface area contributed by atoms with Gasteiger partial charge in [-0.3, -0.25) is 9.59 Å². The summed E-state index contributed by atoms with van der Waals surface area (Å²) in [5.41, 5.74) is 7.97. The average molecular weight is 407 g/mol. The van der Waals surface area contributed by atoms with Crippen LogP contribution in [0.2, 0.25) is 0 Å². The molecule has 0 saturated carbocycles. The van der Waals surface area contributed by atoms with Gasteiger partial charge in [-0.05, 0) is 29.8 Å². The highest BCUT2D eigenvalue weighted by atomic mass is 16.5. The van der Waals surface area contributed by atoms with Gasteiger partial charge in [-0.15, -0.1) is 0 Å². The van der Waals surface area contributed by atoms with E-state index in [9.17, 15) is 14.7 Å². The maximum absolute atomic E-state index is 12.6. The number of hydrogen-bond donors (Lipinski definition) is 4. The fourth-order valence-electron chi connectivity index (χ4n) is 2.76. The average Bonchev–Trinajstić information content (AvgIpc) is 2.78. The summed E-state index contributed by atoms with van der Waals surface area (Å²) >= 11 is 0. The molecule has 0 unspecified atom stereocenters. The molecule has 0 aliphatic rings. The number of methoxy groups -OCH3 is 1. The molecule has 3 rings (SSSR count). The van der Waals surface area contributed by atoms with Crippen LogP contribution in [-0.2, 0) is 6.54 Å². The van der Waals surface area contributed by atoms with Gasteiger partial charge in [0, 0.05) is 24.7 Å². The summed E-state index contributed by atoms with van der Waals surface area (Å²) in [6.07, 6.45) is 1.45. The molecular formula is C21H21N5O4. The molecule has 1 aromatic heterocycles. The van der Waals surface area contributed by atoms with Crippen LogP contribution in [0.4, 0.5) is 5.82 Å². The first kappa shape index (κ1) is 20.6. The second kappa shape index (κ2) is 8.91. The van der Waals surface area contributed by atoms with Crippen molar-refractivity contribution in [2.75, 3.05) is 19.9 Å². The molecule has 0 atom stereocenters. The standard InChI is InChI=1S/C21H21N5O4/c1-23-21(29)18-19(22)24-11-15(26-18)13-4-3-5-14(9-13)20(28)25-10-12-6-7-16(27)17(8-12)30-2/h3-9,11,27H,10H2,1-2H3,(H2,22,24)(H,23,29)(H,25,28). The number of aromatic nitrogens is 2. The van der Waals surface area contributed by atoms with Crippen LogP contribution in [-0.4, -0.2) is 41.0 Å². The number of amides is 2. The zero-order valence-electron chi connectivity index (χ0n) is 16.5. The van der Waals surface area contributed by atoms with Crippen LogP contribution in [0.25, 0.3) is 11.3 Å². The number of phenols is 1. The van der Waals surface area contributed by atoms with Gasteiger partial charge in [0.05, 0.1) is 19.0 Å². The highest BCUT2D eigenvalue weighted by molar-refractivity contribution is 5.97. The Balaban J connectivity index is 1.78. The maximum Gasteiger partial charge on any atom is 0.273 e. The van der Waals surface area contributed by atoms with Crippen molar-refractivity contribution in [3.63, 3.8) is 0 Å². The van der Waals surface area contributed by atoms with Gasteiger partial charge >= 0.3 is 0 Å². The number of ether oxygens (including phenoxy) is 1. The number of anilines is 1. The van der Waals surface area contributed by atoms with Crippen LogP contribution < -0.4 is 21.1 Å². The maximum atomic E-state index is 12.6.